The fourth-order valence-electron chi connectivity index (χ4n) is 3.54. The molecule has 0 radical (unpaired) electrons. The molecule has 1 aliphatic carbocycles. The zero-order valence-electron chi connectivity index (χ0n) is 13.8. The topological polar surface area (TPSA) is 45.2 Å². The highest BCUT2D eigenvalue weighted by Gasteiger charge is 2.21. The van der Waals surface area contributed by atoms with Gasteiger partial charge in [-0.2, -0.15) is 0 Å². The second kappa shape index (κ2) is 8.25. The number of hydrogen-bond acceptors (Lipinski definition) is 3. The molecular weight excluding hydrogens is 286 g/mol. The Hall–Kier alpha value is -1.68. The minimum Gasteiger partial charge on any atom is -0.353 e. The van der Waals surface area contributed by atoms with E-state index in [1.165, 1.54) is 24.0 Å². The van der Waals surface area contributed by atoms with Crippen molar-refractivity contribution in [2.45, 2.75) is 57.5 Å². The summed E-state index contributed by atoms with van der Waals surface area (Å²) < 4.78 is 0. The summed E-state index contributed by atoms with van der Waals surface area (Å²) in [5.41, 5.74) is 2.60. The third kappa shape index (κ3) is 5.17. The second-order valence-electron chi connectivity index (χ2n) is 6.76. The summed E-state index contributed by atoms with van der Waals surface area (Å²) in [6, 6.07) is 4.46. The van der Waals surface area contributed by atoms with Gasteiger partial charge in [-0.05, 0) is 50.2 Å². The molecule has 0 aromatic carbocycles. The molecule has 23 heavy (non-hydrogen) atoms. The lowest BCUT2D eigenvalue weighted by Gasteiger charge is -2.32. The van der Waals surface area contributed by atoms with E-state index < -0.39 is 0 Å². The van der Waals surface area contributed by atoms with Crippen LogP contribution in [0.15, 0.2) is 36.2 Å². The average Bonchev–Trinajstić information content (AvgIpc) is 2.58. The molecule has 0 spiro atoms. The van der Waals surface area contributed by atoms with Crippen molar-refractivity contribution < 1.29 is 4.79 Å². The summed E-state index contributed by atoms with van der Waals surface area (Å²) in [6.45, 7) is 3.05. The number of hydrogen-bond donors (Lipinski definition) is 1. The number of carbonyl (C=O) groups excluding carboxylic acids is 1. The maximum absolute atomic E-state index is 12.2. The third-order valence-electron chi connectivity index (χ3n) is 4.85. The van der Waals surface area contributed by atoms with Gasteiger partial charge in [0.15, 0.2) is 0 Å². The normalized spacial score (nSPS) is 20.1. The van der Waals surface area contributed by atoms with Crippen LogP contribution in [0.25, 0.3) is 0 Å². The highest BCUT2D eigenvalue weighted by Crippen LogP contribution is 2.20. The summed E-state index contributed by atoms with van der Waals surface area (Å²) >= 11 is 0. The summed E-state index contributed by atoms with van der Waals surface area (Å²) in [5, 5.41) is 3.23. The van der Waals surface area contributed by atoms with Crippen molar-refractivity contribution in [3.8, 4) is 0 Å². The van der Waals surface area contributed by atoms with Gasteiger partial charge in [-0.1, -0.05) is 17.7 Å². The van der Waals surface area contributed by atoms with E-state index in [0.717, 1.165) is 45.3 Å². The molecule has 3 rings (SSSR count). The van der Waals surface area contributed by atoms with E-state index in [1.807, 2.05) is 18.5 Å². The van der Waals surface area contributed by atoms with Crippen molar-refractivity contribution >= 4 is 5.91 Å². The van der Waals surface area contributed by atoms with Gasteiger partial charge in [0, 0.05) is 44.5 Å². The Morgan fingerprint density at radius 2 is 2.17 bits per heavy atom. The molecule has 1 fully saturated rings. The van der Waals surface area contributed by atoms with E-state index in [0.29, 0.717) is 12.5 Å². The molecule has 1 saturated heterocycles. The third-order valence-corrected chi connectivity index (χ3v) is 4.85. The number of rotatable bonds is 5. The number of likely N-dealkylation sites (tertiary alicyclic amines) is 1. The summed E-state index contributed by atoms with van der Waals surface area (Å²) in [7, 11) is 0. The first kappa shape index (κ1) is 16.2. The van der Waals surface area contributed by atoms with E-state index in [2.05, 4.69) is 27.3 Å². The van der Waals surface area contributed by atoms with Gasteiger partial charge in [-0.15, -0.1) is 0 Å². The monoisotopic (exact) mass is 313 g/mol. The second-order valence-corrected chi connectivity index (χ2v) is 6.76. The van der Waals surface area contributed by atoms with Gasteiger partial charge in [0.05, 0.1) is 0 Å². The van der Waals surface area contributed by atoms with Gasteiger partial charge in [0.25, 0.3) is 0 Å². The predicted octanol–water partition coefficient (Wildman–Crippen LogP) is 3.05. The Bertz CT molecular complexity index is 533. The van der Waals surface area contributed by atoms with Gasteiger partial charge in [-0.25, -0.2) is 0 Å². The minimum atomic E-state index is 0.212. The van der Waals surface area contributed by atoms with Crippen LogP contribution in [-0.2, 0) is 11.3 Å². The largest absolute Gasteiger partial charge is 0.353 e. The Kier molecular flexibility index (Phi) is 5.81. The first-order valence-corrected chi connectivity index (χ1v) is 8.88. The van der Waals surface area contributed by atoms with E-state index in [9.17, 15) is 4.79 Å². The highest BCUT2D eigenvalue weighted by atomic mass is 16.1. The van der Waals surface area contributed by atoms with E-state index in [-0.39, 0.29) is 5.91 Å². The molecule has 0 atom stereocenters. The molecule has 0 saturated carbocycles. The van der Waals surface area contributed by atoms with Gasteiger partial charge in [0.2, 0.25) is 5.91 Å². The van der Waals surface area contributed by atoms with Crippen LogP contribution in [0.4, 0.5) is 0 Å². The number of amides is 1. The molecule has 1 N–H and O–H groups in total. The smallest absolute Gasteiger partial charge is 0.224 e. The maximum Gasteiger partial charge on any atom is 0.224 e. The molecule has 1 aromatic rings. The van der Waals surface area contributed by atoms with Crippen LogP contribution >= 0.6 is 0 Å². The summed E-state index contributed by atoms with van der Waals surface area (Å²) in [5.74, 6) is 0.212. The molecule has 0 unspecified atom stereocenters. The average molecular weight is 313 g/mol. The van der Waals surface area contributed by atoms with Crippen molar-refractivity contribution in [1.82, 2.24) is 15.2 Å². The number of allylic oxidation sites excluding steroid dienone is 1. The van der Waals surface area contributed by atoms with Crippen LogP contribution in [0.3, 0.4) is 0 Å². The number of carbonyl (C=O) groups is 1. The van der Waals surface area contributed by atoms with Gasteiger partial charge in [0.1, 0.15) is 0 Å². The molecule has 0 bridgehead atoms. The standard InChI is InChI=1S/C19H27N3O/c23-19(13-16-5-2-1-3-6-16)21-18-8-11-22(12-9-18)15-17-7-4-10-20-14-17/h4-5,7,10,14,18H,1-3,6,8-9,11-13,15H2,(H,21,23). The Balaban J connectivity index is 1.38. The van der Waals surface area contributed by atoms with Crippen molar-refractivity contribution in [3.05, 3.63) is 41.7 Å². The number of nitrogens with zero attached hydrogens (tertiary/aromatic N) is 2. The molecule has 4 nitrogen and oxygen atoms in total. The lowest BCUT2D eigenvalue weighted by Crippen LogP contribution is -2.44. The minimum absolute atomic E-state index is 0.212. The van der Waals surface area contributed by atoms with E-state index in [1.54, 1.807) is 0 Å². The molecule has 2 aliphatic rings. The Morgan fingerprint density at radius 1 is 1.30 bits per heavy atom. The Labute approximate surface area is 139 Å². The van der Waals surface area contributed by atoms with Crippen molar-refractivity contribution in [3.63, 3.8) is 0 Å². The first-order chi connectivity index (χ1) is 11.3. The summed E-state index contributed by atoms with van der Waals surface area (Å²) in [6.07, 6.45) is 13.5. The van der Waals surface area contributed by atoms with Crippen LogP contribution in [0.5, 0.6) is 0 Å². The lowest BCUT2D eigenvalue weighted by atomic mass is 9.96. The van der Waals surface area contributed by atoms with Crippen LogP contribution in [0.2, 0.25) is 0 Å². The summed E-state index contributed by atoms with van der Waals surface area (Å²) in [4.78, 5) is 18.8. The molecule has 1 amide bonds. The van der Waals surface area contributed by atoms with Gasteiger partial charge >= 0.3 is 0 Å². The zero-order valence-corrected chi connectivity index (χ0v) is 13.8. The van der Waals surface area contributed by atoms with Crippen molar-refractivity contribution in [2.24, 2.45) is 0 Å². The molecule has 2 heterocycles. The molecular formula is C19H27N3O. The molecule has 1 aromatic heterocycles. The van der Waals surface area contributed by atoms with Crippen LogP contribution in [0.1, 0.15) is 50.5 Å². The zero-order chi connectivity index (χ0) is 15.9. The van der Waals surface area contributed by atoms with Gasteiger partial charge < -0.3 is 5.32 Å². The molecule has 1 aliphatic heterocycles. The highest BCUT2D eigenvalue weighted by molar-refractivity contribution is 5.78. The maximum atomic E-state index is 12.2. The Morgan fingerprint density at radius 3 is 2.87 bits per heavy atom. The SMILES string of the molecule is O=C(CC1=CCCCC1)NC1CCN(Cc2cccnc2)CC1. The van der Waals surface area contributed by atoms with Crippen molar-refractivity contribution in [1.29, 1.82) is 0 Å². The fourth-order valence-corrected chi connectivity index (χ4v) is 3.54. The first-order valence-electron chi connectivity index (χ1n) is 8.88. The van der Waals surface area contributed by atoms with Crippen molar-refractivity contribution in [2.75, 3.05) is 13.1 Å². The molecule has 124 valence electrons. The molecule has 4 heteroatoms. The number of pyridine rings is 1. The van der Waals surface area contributed by atoms with E-state index in [4.69, 9.17) is 0 Å². The van der Waals surface area contributed by atoms with Crippen LogP contribution < -0.4 is 5.32 Å². The lowest BCUT2D eigenvalue weighted by molar-refractivity contribution is -0.121. The number of aromatic nitrogens is 1. The fraction of sp³-hybridized carbons (Fsp3) is 0.579. The van der Waals surface area contributed by atoms with E-state index >= 15 is 0 Å². The predicted molar refractivity (Wildman–Crippen MR) is 91.8 cm³/mol. The quantitative estimate of drug-likeness (QED) is 0.850. The van der Waals surface area contributed by atoms with Gasteiger partial charge in [-0.3, -0.25) is 14.7 Å². The number of nitrogens with one attached hydrogen (secondary N) is 1. The number of piperidine rings is 1. The van der Waals surface area contributed by atoms with Crippen LogP contribution in [-0.4, -0.2) is 34.9 Å². The van der Waals surface area contributed by atoms with Crippen LogP contribution in [0, 0.1) is 0 Å².